The van der Waals surface area contributed by atoms with Gasteiger partial charge in [0, 0.05) is 18.6 Å². The molecule has 1 aliphatic rings. The van der Waals surface area contributed by atoms with E-state index in [9.17, 15) is 4.79 Å². The molecule has 0 bridgehead atoms. The van der Waals surface area contributed by atoms with Gasteiger partial charge in [0.2, 0.25) is 5.91 Å². The van der Waals surface area contributed by atoms with Gasteiger partial charge in [-0.3, -0.25) is 4.79 Å². The summed E-state index contributed by atoms with van der Waals surface area (Å²) in [5.74, 6) is 0.0795. The van der Waals surface area contributed by atoms with E-state index in [4.69, 9.17) is 10.5 Å². The standard InChI is InChI=1S/C11H22N2O2/c1-8-9(5-7-15-8)13-10(14)4-6-11(2,3)12/h8-9H,4-7,12H2,1-3H3,(H,13,14). The summed E-state index contributed by atoms with van der Waals surface area (Å²) in [6.45, 7) is 6.60. The van der Waals surface area contributed by atoms with Gasteiger partial charge in [-0.2, -0.15) is 0 Å². The second kappa shape index (κ2) is 4.94. The third-order valence-electron chi connectivity index (χ3n) is 2.72. The Morgan fingerprint density at radius 3 is 2.73 bits per heavy atom. The summed E-state index contributed by atoms with van der Waals surface area (Å²) in [7, 11) is 0. The fraction of sp³-hybridized carbons (Fsp3) is 0.909. The lowest BCUT2D eigenvalue weighted by Gasteiger charge is -2.20. The van der Waals surface area contributed by atoms with Crippen LogP contribution < -0.4 is 11.1 Å². The Labute approximate surface area is 91.5 Å². The normalized spacial score (nSPS) is 26.7. The average Bonchev–Trinajstić information content (AvgIpc) is 2.47. The molecule has 0 aromatic carbocycles. The molecular formula is C11H22N2O2. The van der Waals surface area contributed by atoms with E-state index in [0.29, 0.717) is 12.8 Å². The van der Waals surface area contributed by atoms with Gasteiger partial charge in [0.1, 0.15) is 0 Å². The summed E-state index contributed by atoms with van der Waals surface area (Å²) in [6.07, 6.45) is 2.26. The van der Waals surface area contributed by atoms with Crippen molar-refractivity contribution in [1.82, 2.24) is 5.32 Å². The van der Waals surface area contributed by atoms with Crippen LogP contribution in [0.2, 0.25) is 0 Å². The molecule has 0 radical (unpaired) electrons. The van der Waals surface area contributed by atoms with E-state index in [1.165, 1.54) is 0 Å². The number of carbonyl (C=O) groups is 1. The maximum absolute atomic E-state index is 11.6. The van der Waals surface area contributed by atoms with Crippen LogP contribution in [0.25, 0.3) is 0 Å². The van der Waals surface area contributed by atoms with Crippen LogP contribution in [0.15, 0.2) is 0 Å². The molecule has 4 nitrogen and oxygen atoms in total. The largest absolute Gasteiger partial charge is 0.376 e. The molecule has 0 aromatic rings. The summed E-state index contributed by atoms with van der Waals surface area (Å²) in [5, 5.41) is 2.98. The number of carbonyl (C=O) groups excluding carboxylic acids is 1. The van der Waals surface area contributed by atoms with Gasteiger partial charge in [-0.25, -0.2) is 0 Å². The third-order valence-corrected chi connectivity index (χ3v) is 2.72. The smallest absolute Gasteiger partial charge is 0.220 e. The quantitative estimate of drug-likeness (QED) is 0.727. The van der Waals surface area contributed by atoms with Crippen molar-refractivity contribution >= 4 is 5.91 Å². The molecule has 2 unspecified atom stereocenters. The minimum absolute atomic E-state index is 0.0795. The summed E-state index contributed by atoms with van der Waals surface area (Å²) in [6, 6.07) is 0.179. The zero-order valence-corrected chi connectivity index (χ0v) is 9.88. The second-order valence-electron chi connectivity index (χ2n) is 5.03. The van der Waals surface area contributed by atoms with Crippen LogP contribution in [0.1, 0.15) is 40.0 Å². The third kappa shape index (κ3) is 4.62. The first-order valence-corrected chi connectivity index (χ1v) is 5.58. The Kier molecular flexibility index (Phi) is 4.11. The minimum Gasteiger partial charge on any atom is -0.376 e. The summed E-state index contributed by atoms with van der Waals surface area (Å²) in [4.78, 5) is 11.6. The van der Waals surface area contributed by atoms with E-state index in [1.807, 2.05) is 20.8 Å². The van der Waals surface area contributed by atoms with Crippen LogP contribution in [0.5, 0.6) is 0 Å². The predicted molar refractivity (Wildman–Crippen MR) is 59.5 cm³/mol. The SMILES string of the molecule is CC1OCCC1NC(=O)CCC(C)(C)N. The van der Waals surface area contributed by atoms with Crippen LogP contribution in [0.4, 0.5) is 0 Å². The zero-order valence-electron chi connectivity index (χ0n) is 9.88. The summed E-state index contributed by atoms with van der Waals surface area (Å²) < 4.78 is 5.37. The lowest BCUT2D eigenvalue weighted by atomic mass is 9.99. The van der Waals surface area contributed by atoms with Gasteiger partial charge in [-0.05, 0) is 33.6 Å². The highest BCUT2D eigenvalue weighted by Crippen LogP contribution is 2.13. The molecule has 1 heterocycles. The number of hydrogen-bond acceptors (Lipinski definition) is 3. The van der Waals surface area contributed by atoms with Crippen molar-refractivity contribution in [2.75, 3.05) is 6.61 Å². The van der Waals surface area contributed by atoms with Crippen molar-refractivity contribution in [3.63, 3.8) is 0 Å². The molecule has 1 saturated heterocycles. The van der Waals surface area contributed by atoms with Gasteiger partial charge in [0.15, 0.2) is 0 Å². The van der Waals surface area contributed by atoms with Gasteiger partial charge >= 0.3 is 0 Å². The van der Waals surface area contributed by atoms with Crippen molar-refractivity contribution in [3.8, 4) is 0 Å². The highest BCUT2D eigenvalue weighted by atomic mass is 16.5. The molecule has 3 N–H and O–H groups in total. The predicted octanol–water partition coefficient (Wildman–Crippen LogP) is 0.797. The van der Waals surface area contributed by atoms with Crippen LogP contribution in [0.3, 0.4) is 0 Å². The highest BCUT2D eigenvalue weighted by Gasteiger charge is 2.25. The maximum atomic E-state index is 11.6. The molecule has 1 fully saturated rings. The Balaban J connectivity index is 2.24. The van der Waals surface area contributed by atoms with Gasteiger partial charge in [0.25, 0.3) is 0 Å². The molecule has 15 heavy (non-hydrogen) atoms. The number of nitrogens with one attached hydrogen (secondary N) is 1. The van der Waals surface area contributed by atoms with E-state index in [0.717, 1.165) is 13.0 Å². The number of ether oxygens (including phenoxy) is 1. The fourth-order valence-corrected chi connectivity index (χ4v) is 1.64. The highest BCUT2D eigenvalue weighted by molar-refractivity contribution is 5.76. The van der Waals surface area contributed by atoms with Crippen LogP contribution in [-0.4, -0.2) is 30.2 Å². The molecule has 0 saturated carbocycles. The number of hydrogen-bond donors (Lipinski definition) is 2. The topological polar surface area (TPSA) is 64.3 Å². The fourth-order valence-electron chi connectivity index (χ4n) is 1.64. The molecule has 0 spiro atoms. The summed E-state index contributed by atoms with van der Waals surface area (Å²) >= 11 is 0. The minimum atomic E-state index is -0.269. The van der Waals surface area contributed by atoms with Crippen LogP contribution >= 0.6 is 0 Å². The number of amides is 1. The lowest BCUT2D eigenvalue weighted by molar-refractivity contribution is -0.122. The van der Waals surface area contributed by atoms with Crippen molar-refractivity contribution in [1.29, 1.82) is 0 Å². The maximum Gasteiger partial charge on any atom is 0.220 e. The Morgan fingerprint density at radius 1 is 1.60 bits per heavy atom. The van der Waals surface area contributed by atoms with E-state index >= 15 is 0 Å². The number of nitrogens with two attached hydrogens (primary N) is 1. The van der Waals surface area contributed by atoms with Gasteiger partial charge in [-0.15, -0.1) is 0 Å². The van der Waals surface area contributed by atoms with Gasteiger partial charge in [-0.1, -0.05) is 0 Å². The van der Waals surface area contributed by atoms with Crippen molar-refractivity contribution in [3.05, 3.63) is 0 Å². The van der Waals surface area contributed by atoms with E-state index in [2.05, 4.69) is 5.32 Å². The number of rotatable bonds is 4. The van der Waals surface area contributed by atoms with Crippen LogP contribution in [0, 0.1) is 0 Å². The molecule has 2 atom stereocenters. The van der Waals surface area contributed by atoms with Gasteiger partial charge in [0.05, 0.1) is 12.1 Å². The van der Waals surface area contributed by atoms with Crippen LogP contribution in [-0.2, 0) is 9.53 Å². The molecule has 0 aromatic heterocycles. The first kappa shape index (κ1) is 12.5. The first-order chi connectivity index (χ1) is 6.88. The molecule has 1 rings (SSSR count). The van der Waals surface area contributed by atoms with E-state index < -0.39 is 0 Å². The lowest BCUT2D eigenvalue weighted by Crippen LogP contribution is -2.40. The molecule has 4 heteroatoms. The molecule has 88 valence electrons. The van der Waals surface area contributed by atoms with Crippen molar-refractivity contribution in [2.24, 2.45) is 5.73 Å². The Morgan fingerprint density at radius 2 is 2.27 bits per heavy atom. The summed E-state index contributed by atoms with van der Waals surface area (Å²) in [5.41, 5.74) is 5.55. The second-order valence-corrected chi connectivity index (χ2v) is 5.03. The van der Waals surface area contributed by atoms with Gasteiger partial charge < -0.3 is 15.8 Å². The first-order valence-electron chi connectivity index (χ1n) is 5.58. The van der Waals surface area contributed by atoms with Crippen molar-refractivity contribution in [2.45, 2.75) is 57.7 Å². The Hall–Kier alpha value is -0.610. The molecule has 1 aliphatic heterocycles. The zero-order chi connectivity index (χ0) is 11.5. The van der Waals surface area contributed by atoms with E-state index in [1.54, 1.807) is 0 Å². The monoisotopic (exact) mass is 214 g/mol. The Bertz CT molecular complexity index is 223. The van der Waals surface area contributed by atoms with Crippen molar-refractivity contribution < 1.29 is 9.53 Å². The van der Waals surface area contributed by atoms with E-state index in [-0.39, 0.29) is 23.6 Å². The molecular weight excluding hydrogens is 192 g/mol. The average molecular weight is 214 g/mol. The molecule has 1 amide bonds. The molecule has 0 aliphatic carbocycles.